The van der Waals surface area contributed by atoms with Crippen LogP contribution in [0.2, 0.25) is 0 Å². The van der Waals surface area contributed by atoms with E-state index in [4.69, 9.17) is 4.74 Å². The van der Waals surface area contributed by atoms with Gasteiger partial charge in [-0.15, -0.1) is 10.2 Å². The van der Waals surface area contributed by atoms with Crippen LogP contribution in [0.25, 0.3) is 0 Å². The molecule has 1 aromatic heterocycles. The van der Waals surface area contributed by atoms with Gasteiger partial charge < -0.3 is 4.74 Å². The number of anilines is 2. The minimum Gasteiger partial charge on any atom is -0.482 e. The number of benzene rings is 1. The summed E-state index contributed by atoms with van der Waals surface area (Å²) < 4.78 is 5.32. The van der Waals surface area contributed by atoms with E-state index >= 15 is 0 Å². The molecule has 24 heavy (non-hydrogen) atoms. The summed E-state index contributed by atoms with van der Waals surface area (Å²) in [5.41, 5.74) is 0.798. The Morgan fingerprint density at radius 3 is 3.00 bits per heavy atom. The van der Waals surface area contributed by atoms with Crippen LogP contribution in [0.1, 0.15) is 22.3 Å². The molecule has 1 aliphatic heterocycles. The fourth-order valence-electron chi connectivity index (χ4n) is 2.22. The molecule has 1 aliphatic rings. The molecule has 0 saturated carbocycles. The van der Waals surface area contributed by atoms with Gasteiger partial charge in [0.15, 0.2) is 6.61 Å². The molecule has 2 amide bonds. The number of ether oxygens (including phenoxy) is 1. The highest BCUT2D eigenvalue weighted by Gasteiger charge is 2.27. The van der Waals surface area contributed by atoms with Gasteiger partial charge in [0.2, 0.25) is 11.0 Å². The minimum atomic E-state index is -0.397. The van der Waals surface area contributed by atoms with Crippen LogP contribution in [0, 0.1) is 0 Å². The molecule has 9 heteroatoms. The Labute approximate surface area is 141 Å². The number of aldehydes is 1. The number of fused-ring (bicyclic) bond motifs is 1. The molecule has 0 saturated heterocycles. The van der Waals surface area contributed by atoms with Gasteiger partial charge in [0, 0.05) is 5.56 Å². The Balaban J connectivity index is 1.77. The monoisotopic (exact) mass is 346 g/mol. The molecule has 1 aromatic carbocycles. The Kier molecular flexibility index (Phi) is 4.52. The molecule has 2 aromatic rings. The maximum Gasteiger partial charge on any atom is 0.265 e. The lowest BCUT2D eigenvalue weighted by molar-refractivity contribution is -0.123. The predicted octanol–water partition coefficient (Wildman–Crippen LogP) is 1.28. The van der Waals surface area contributed by atoms with E-state index in [0.29, 0.717) is 28.4 Å². The van der Waals surface area contributed by atoms with E-state index in [2.05, 4.69) is 15.5 Å². The molecule has 0 unspecified atom stereocenters. The van der Waals surface area contributed by atoms with Gasteiger partial charge in [-0.2, -0.15) is 0 Å². The van der Waals surface area contributed by atoms with E-state index in [1.54, 1.807) is 12.1 Å². The molecule has 0 bridgehead atoms. The number of carbonyl (C=O) groups is 3. The fraction of sp³-hybridized carbons (Fsp3) is 0.267. The fourth-order valence-corrected chi connectivity index (χ4v) is 2.91. The van der Waals surface area contributed by atoms with Crippen LogP contribution >= 0.6 is 11.3 Å². The van der Waals surface area contributed by atoms with Gasteiger partial charge >= 0.3 is 0 Å². The molecule has 0 radical (unpaired) electrons. The molecule has 0 spiro atoms. The van der Waals surface area contributed by atoms with Crippen LogP contribution in [0.3, 0.4) is 0 Å². The lowest BCUT2D eigenvalue weighted by Gasteiger charge is -2.28. The van der Waals surface area contributed by atoms with E-state index in [9.17, 15) is 14.4 Å². The number of hydrogen-bond donors (Lipinski definition) is 1. The number of nitrogens with zero attached hydrogens (tertiary/aromatic N) is 3. The average Bonchev–Trinajstić information content (AvgIpc) is 3.04. The zero-order chi connectivity index (χ0) is 17.1. The van der Waals surface area contributed by atoms with Crippen molar-refractivity contribution >= 4 is 40.3 Å². The van der Waals surface area contributed by atoms with Gasteiger partial charge in [-0.05, 0) is 24.6 Å². The van der Waals surface area contributed by atoms with Crippen LogP contribution in [0.4, 0.5) is 10.8 Å². The van der Waals surface area contributed by atoms with Crippen molar-refractivity contribution in [1.82, 2.24) is 10.2 Å². The molecule has 8 nitrogen and oxygen atoms in total. The SMILES string of the molecule is CCc1nnc(NC(=O)CN2C(=O)COc3ccc(C=O)cc32)s1. The maximum absolute atomic E-state index is 12.2. The highest BCUT2D eigenvalue weighted by atomic mass is 32.1. The summed E-state index contributed by atoms with van der Waals surface area (Å²) in [5.74, 6) is -0.295. The molecule has 2 heterocycles. The third-order valence-corrected chi connectivity index (χ3v) is 4.36. The van der Waals surface area contributed by atoms with E-state index in [0.717, 1.165) is 11.4 Å². The van der Waals surface area contributed by atoms with E-state index in [-0.39, 0.29) is 19.1 Å². The third kappa shape index (κ3) is 3.25. The first-order valence-corrected chi connectivity index (χ1v) is 8.07. The minimum absolute atomic E-state index is 0.153. The van der Waals surface area contributed by atoms with Crippen LogP contribution in [-0.4, -0.2) is 41.4 Å². The van der Waals surface area contributed by atoms with Gasteiger partial charge in [0.25, 0.3) is 5.91 Å². The summed E-state index contributed by atoms with van der Waals surface area (Å²) in [5, 5.41) is 11.6. The molecule has 0 aliphatic carbocycles. The van der Waals surface area contributed by atoms with Crippen molar-refractivity contribution in [2.45, 2.75) is 13.3 Å². The number of aromatic nitrogens is 2. The van der Waals surface area contributed by atoms with Crippen molar-refractivity contribution in [3.8, 4) is 5.75 Å². The van der Waals surface area contributed by atoms with Crippen molar-refractivity contribution < 1.29 is 19.1 Å². The van der Waals surface area contributed by atoms with Crippen molar-refractivity contribution in [1.29, 1.82) is 0 Å². The predicted molar refractivity (Wildman–Crippen MR) is 87.6 cm³/mol. The normalized spacial score (nSPS) is 13.2. The highest BCUT2D eigenvalue weighted by Crippen LogP contribution is 2.32. The summed E-state index contributed by atoms with van der Waals surface area (Å²) in [7, 11) is 0. The summed E-state index contributed by atoms with van der Waals surface area (Å²) >= 11 is 1.29. The van der Waals surface area contributed by atoms with Crippen molar-refractivity contribution in [2.24, 2.45) is 0 Å². The summed E-state index contributed by atoms with van der Waals surface area (Å²) in [6.07, 6.45) is 1.41. The average molecular weight is 346 g/mol. The van der Waals surface area contributed by atoms with Crippen molar-refractivity contribution in [3.63, 3.8) is 0 Å². The molecule has 0 atom stereocenters. The number of carbonyl (C=O) groups excluding carboxylic acids is 3. The van der Waals surface area contributed by atoms with Crippen LogP contribution < -0.4 is 15.0 Å². The molecular formula is C15H14N4O4S. The Morgan fingerprint density at radius 1 is 1.46 bits per heavy atom. The quantitative estimate of drug-likeness (QED) is 0.818. The Bertz CT molecular complexity index is 805. The molecule has 0 fully saturated rings. The smallest absolute Gasteiger partial charge is 0.265 e. The van der Waals surface area contributed by atoms with Gasteiger partial charge in [0.05, 0.1) is 5.69 Å². The second kappa shape index (κ2) is 6.75. The zero-order valence-corrected chi connectivity index (χ0v) is 13.6. The van der Waals surface area contributed by atoms with E-state index in [1.807, 2.05) is 6.92 Å². The first-order chi connectivity index (χ1) is 11.6. The second-order valence-electron chi connectivity index (χ2n) is 5.02. The zero-order valence-electron chi connectivity index (χ0n) is 12.8. The Morgan fingerprint density at radius 2 is 2.29 bits per heavy atom. The van der Waals surface area contributed by atoms with Gasteiger partial charge in [-0.25, -0.2) is 0 Å². The molecule has 1 N–H and O–H groups in total. The number of aryl methyl sites for hydroxylation is 1. The van der Waals surface area contributed by atoms with Gasteiger partial charge in [-0.3, -0.25) is 24.6 Å². The lowest BCUT2D eigenvalue weighted by Crippen LogP contribution is -2.43. The van der Waals surface area contributed by atoms with Crippen LogP contribution in [0.5, 0.6) is 5.75 Å². The third-order valence-electron chi connectivity index (χ3n) is 3.38. The van der Waals surface area contributed by atoms with Crippen molar-refractivity contribution in [2.75, 3.05) is 23.4 Å². The first kappa shape index (κ1) is 16.1. The standard InChI is InChI=1S/C15H14N4O4S/c1-2-13-17-18-15(24-13)16-12(21)6-19-10-5-9(7-20)3-4-11(10)23-8-14(19)22/h3-5,7H,2,6,8H2,1H3,(H,16,18,21). The van der Waals surface area contributed by atoms with E-state index < -0.39 is 5.91 Å². The first-order valence-electron chi connectivity index (χ1n) is 7.25. The van der Waals surface area contributed by atoms with Crippen LogP contribution in [0.15, 0.2) is 18.2 Å². The largest absolute Gasteiger partial charge is 0.482 e. The summed E-state index contributed by atoms with van der Waals surface area (Å²) in [6, 6.07) is 4.72. The maximum atomic E-state index is 12.2. The number of amides is 2. The van der Waals surface area contributed by atoms with Crippen molar-refractivity contribution in [3.05, 3.63) is 28.8 Å². The number of nitrogens with one attached hydrogen (secondary N) is 1. The van der Waals surface area contributed by atoms with E-state index in [1.165, 1.54) is 22.3 Å². The molecule has 124 valence electrons. The lowest BCUT2D eigenvalue weighted by atomic mass is 10.1. The topological polar surface area (TPSA) is 101 Å². The highest BCUT2D eigenvalue weighted by molar-refractivity contribution is 7.15. The van der Waals surface area contributed by atoms with Crippen LogP contribution in [-0.2, 0) is 16.0 Å². The Hall–Kier alpha value is -2.81. The molecular weight excluding hydrogens is 332 g/mol. The van der Waals surface area contributed by atoms with Gasteiger partial charge in [-0.1, -0.05) is 18.3 Å². The van der Waals surface area contributed by atoms with Gasteiger partial charge in [0.1, 0.15) is 23.6 Å². The summed E-state index contributed by atoms with van der Waals surface area (Å²) in [4.78, 5) is 36.5. The number of hydrogen-bond acceptors (Lipinski definition) is 7. The molecule has 3 rings (SSSR count). The number of rotatable bonds is 5. The second-order valence-corrected chi connectivity index (χ2v) is 6.08. The summed E-state index contributed by atoms with van der Waals surface area (Å²) in [6.45, 7) is 1.60.